The van der Waals surface area contributed by atoms with E-state index in [1.54, 1.807) is 23.9 Å². The van der Waals surface area contributed by atoms with Gasteiger partial charge in [0.1, 0.15) is 4.49 Å². The van der Waals surface area contributed by atoms with Gasteiger partial charge in [0, 0.05) is 9.79 Å². The molecule has 0 spiro atoms. The quantitative estimate of drug-likeness (QED) is 0.265. The van der Waals surface area contributed by atoms with E-state index in [-0.39, 0.29) is 4.36 Å². The van der Waals surface area contributed by atoms with Crippen LogP contribution < -0.4 is 0 Å². The first-order chi connectivity index (χ1) is 9.36. The summed E-state index contributed by atoms with van der Waals surface area (Å²) in [5.74, 6) is 0. The maximum absolute atomic E-state index is 11.0. The second-order valence-electron chi connectivity index (χ2n) is 3.23. The largest absolute Gasteiger partial charge is 0.315 e. The fraction of sp³-hybridized carbons (Fsp3) is 0.0909. The molecule has 0 aliphatic heterocycles. The maximum Gasteiger partial charge on any atom is 0.315 e. The van der Waals surface area contributed by atoms with E-state index in [2.05, 4.69) is 0 Å². The molecule has 0 aromatic heterocycles. The Labute approximate surface area is 144 Å². The predicted molar refractivity (Wildman–Crippen MR) is 88.5 cm³/mol. The van der Waals surface area contributed by atoms with Crippen molar-refractivity contribution < 1.29 is 4.92 Å². The number of halogens is 4. The first-order valence-electron chi connectivity index (χ1n) is 4.94. The molecule has 0 aliphatic carbocycles. The van der Waals surface area contributed by atoms with Crippen LogP contribution in [0.5, 0.6) is 0 Å². The average molecular weight is 391 g/mol. The monoisotopic (exact) mass is 389 g/mol. The molecular formula is C11H7Cl4NO2S2. The van der Waals surface area contributed by atoms with E-state index >= 15 is 0 Å². The number of hydrogen-bond donors (Lipinski definition) is 0. The molecule has 0 atom stereocenters. The van der Waals surface area contributed by atoms with Crippen molar-refractivity contribution in [2.24, 2.45) is 0 Å². The van der Waals surface area contributed by atoms with Crippen molar-refractivity contribution in [1.82, 2.24) is 0 Å². The van der Waals surface area contributed by atoms with Gasteiger partial charge in [-0.25, -0.2) is 0 Å². The highest BCUT2D eigenvalue weighted by Gasteiger charge is 2.24. The summed E-state index contributed by atoms with van der Waals surface area (Å²) < 4.78 is -0.523. The number of allylic oxidation sites excluding steroid dienone is 1. The molecule has 1 aromatic rings. The predicted octanol–water partition coefficient (Wildman–Crippen LogP) is 6.07. The highest BCUT2D eigenvalue weighted by molar-refractivity contribution is 8.04. The Bertz CT molecular complexity index is 568. The van der Waals surface area contributed by atoms with Gasteiger partial charge in [0.15, 0.2) is 9.40 Å². The Morgan fingerprint density at radius 1 is 1.10 bits per heavy atom. The molecule has 9 heteroatoms. The van der Waals surface area contributed by atoms with Crippen LogP contribution in [-0.2, 0) is 0 Å². The van der Waals surface area contributed by atoms with Gasteiger partial charge in [-0.3, -0.25) is 10.1 Å². The number of nitro groups is 1. The van der Waals surface area contributed by atoms with Gasteiger partial charge in [0.25, 0.3) is 0 Å². The average Bonchev–Trinajstić information content (AvgIpc) is 2.39. The summed E-state index contributed by atoms with van der Waals surface area (Å²) >= 11 is 25.2. The first-order valence-corrected chi connectivity index (χ1v) is 8.49. The molecule has 0 saturated carbocycles. The van der Waals surface area contributed by atoms with Crippen LogP contribution in [0.3, 0.4) is 0 Å². The summed E-state index contributed by atoms with van der Waals surface area (Å²) in [5.41, 5.74) is -0.521. The molecule has 0 amide bonds. The Morgan fingerprint density at radius 3 is 2.00 bits per heavy atom. The van der Waals surface area contributed by atoms with Crippen LogP contribution in [0.15, 0.2) is 53.6 Å². The van der Waals surface area contributed by atoms with Crippen LogP contribution in [0, 0.1) is 10.1 Å². The van der Waals surface area contributed by atoms with Crippen molar-refractivity contribution in [3.63, 3.8) is 0 Å². The third-order valence-corrected chi connectivity index (χ3v) is 4.98. The van der Waals surface area contributed by atoms with Crippen molar-refractivity contribution in [3.8, 4) is 0 Å². The summed E-state index contributed by atoms with van der Waals surface area (Å²) in [5, 5.41) is 10.6. The Morgan fingerprint density at radius 2 is 1.60 bits per heavy atom. The van der Waals surface area contributed by atoms with E-state index in [1.165, 1.54) is 0 Å². The van der Waals surface area contributed by atoms with Gasteiger partial charge in [0.2, 0.25) is 0 Å². The zero-order valence-electron chi connectivity index (χ0n) is 9.90. The summed E-state index contributed by atoms with van der Waals surface area (Å²) in [6, 6.07) is 7.37. The second kappa shape index (κ2) is 8.41. The van der Waals surface area contributed by atoms with E-state index in [0.29, 0.717) is 0 Å². The molecule has 0 fully saturated rings. The van der Waals surface area contributed by atoms with Gasteiger partial charge in [-0.1, -0.05) is 58.2 Å². The molecule has 0 N–H and O–H groups in total. The maximum atomic E-state index is 11.0. The normalized spacial score (nSPS) is 11.8. The van der Waals surface area contributed by atoms with Crippen LogP contribution in [0.1, 0.15) is 0 Å². The van der Waals surface area contributed by atoms with Crippen LogP contribution >= 0.6 is 69.9 Å². The molecule has 0 saturated heterocycles. The summed E-state index contributed by atoms with van der Waals surface area (Å²) in [4.78, 5) is 12.1. The molecule has 3 nitrogen and oxygen atoms in total. The Kier molecular flexibility index (Phi) is 7.58. The van der Waals surface area contributed by atoms with Crippen LogP contribution in [0.2, 0.25) is 0 Å². The van der Waals surface area contributed by atoms with Crippen molar-refractivity contribution in [2.45, 2.75) is 9.79 Å². The number of rotatable bonds is 5. The van der Waals surface area contributed by atoms with E-state index in [4.69, 9.17) is 46.4 Å². The van der Waals surface area contributed by atoms with Gasteiger partial charge >= 0.3 is 5.70 Å². The van der Waals surface area contributed by atoms with Crippen LogP contribution in [0.25, 0.3) is 0 Å². The van der Waals surface area contributed by atoms with Crippen molar-refractivity contribution in [2.75, 3.05) is 6.26 Å². The molecule has 0 aliphatic rings. The number of hydrogen-bond acceptors (Lipinski definition) is 4. The van der Waals surface area contributed by atoms with E-state index in [1.807, 2.05) is 18.4 Å². The molecule has 0 unspecified atom stereocenters. The lowest BCUT2D eigenvalue weighted by Crippen LogP contribution is -2.00. The van der Waals surface area contributed by atoms with Crippen molar-refractivity contribution >= 4 is 69.9 Å². The molecule has 0 radical (unpaired) electrons. The van der Waals surface area contributed by atoms with E-state index < -0.39 is 20.1 Å². The minimum atomic E-state index is -0.724. The smallest absolute Gasteiger partial charge is 0.258 e. The molecule has 108 valence electrons. The third kappa shape index (κ3) is 5.06. The number of benzene rings is 1. The molecule has 1 rings (SSSR count). The lowest BCUT2D eigenvalue weighted by atomic mass is 10.4. The lowest BCUT2D eigenvalue weighted by Gasteiger charge is -2.03. The molecule has 0 bridgehead atoms. The second-order valence-corrected chi connectivity index (χ2v) is 7.12. The molecular weight excluding hydrogens is 384 g/mol. The van der Waals surface area contributed by atoms with Gasteiger partial charge in [0.05, 0.1) is 4.92 Å². The standard InChI is InChI=1S/C11H7Cl4NO2S2/c1-19-6-2-4-7(5-3-6)20-11(15)9(16(17)18)8(12)10(13)14/h2-5H,1H3/b11-9+. The van der Waals surface area contributed by atoms with Crippen molar-refractivity contribution in [1.29, 1.82) is 0 Å². The number of thioether (sulfide) groups is 2. The molecule has 1 aromatic carbocycles. The van der Waals surface area contributed by atoms with E-state index in [0.717, 1.165) is 21.6 Å². The highest BCUT2D eigenvalue weighted by Crippen LogP contribution is 2.38. The van der Waals surface area contributed by atoms with Gasteiger partial charge < -0.3 is 0 Å². The van der Waals surface area contributed by atoms with Gasteiger partial charge in [-0.2, -0.15) is 0 Å². The zero-order valence-corrected chi connectivity index (χ0v) is 14.6. The summed E-state index contributed by atoms with van der Waals surface area (Å²) in [6.07, 6.45) is 1.95. The SMILES string of the molecule is CSc1ccc(S/C(Cl)=C(\C(Cl)=C(Cl)Cl)[N+](=O)[O-])cc1. The highest BCUT2D eigenvalue weighted by atomic mass is 35.5. The topological polar surface area (TPSA) is 43.1 Å². The fourth-order valence-electron chi connectivity index (χ4n) is 1.12. The summed E-state index contributed by atoms with van der Waals surface area (Å²) in [6.45, 7) is 0. The molecule has 20 heavy (non-hydrogen) atoms. The minimum absolute atomic E-state index is 0.115. The number of nitrogens with zero attached hydrogens (tertiary/aromatic N) is 1. The van der Waals surface area contributed by atoms with Crippen LogP contribution in [0.4, 0.5) is 0 Å². The zero-order chi connectivity index (χ0) is 15.3. The minimum Gasteiger partial charge on any atom is -0.258 e. The Balaban J connectivity index is 3.11. The third-order valence-electron chi connectivity index (χ3n) is 2.01. The Hall–Kier alpha value is -0.0400. The van der Waals surface area contributed by atoms with Crippen LogP contribution in [-0.4, -0.2) is 11.2 Å². The first kappa shape index (κ1) is 18.0. The van der Waals surface area contributed by atoms with Gasteiger partial charge in [-0.05, 0) is 30.5 Å². The van der Waals surface area contributed by atoms with Gasteiger partial charge in [-0.15, -0.1) is 11.8 Å². The molecule has 0 heterocycles. The summed E-state index contributed by atoms with van der Waals surface area (Å²) in [7, 11) is 0. The van der Waals surface area contributed by atoms with Crippen molar-refractivity contribution in [3.05, 3.63) is 54.0 Å². The lowest BCUT2D eigenvalue weighted by molar-refractivity contribution is -0.419. The van der Waals surface area contributed by atoms with E-state index in [9.17, 15) is 10.1 Å². The fourth-order valence-corrected chi connectivity index (χ4v) is 3.16.